The van der Waals surface area contributed by atoms with Crippen molar-refractivity contribution in [3.05, 3.63) is 48.0 Å². The second-order valence-corrected chi connectivity index (χ2v) is 3.52. The Morgan fingerprint density at radius 2 is 2.08 bits per heavy atom. The molecule has 0 saturated heterocycles. The van der Waals surface area contributed by atoms with Gasteiger partial charge in [-0.3, -0.25) is 0 Å². The summed E-state index contributed by atoms with van der Waals surface area (Å²) in [4.78, 5) is 0. The van der Waals surface area contributed by atoms with Crippen molar-refractivity contribution in [2.24, 2.45) is 0 Å². The third kappa shape index (κ3) is 3.87. The molecule has 0 radical (unpaired) electrons. The van der Waals surface area contributed by atoms with E-state index in [0.29, 0.717) is 0 Å². The Bertz CT molecular complexity index is 327. The molecule has 0 saturated carbocycles. The first-order valence-electron chi connectivity index (χ1n) is 4.06. The lowest BCUT2D eigenvalue weighted by Gasteiger charge is -1.90. The van der Waals surface area contributed by atoms with E-state index in [1.807, 2.05) is 30.3 Å². The molecule has 1 aromatic rings. The molecule has 0 bridgehead atoms. The minimum atomic E-state index is 0.917. The molecule has 1 rings (SSSR count). The second kappa shape index (κ2) is 5.50. The van der Waals surface area contributed by atoms with E-state index in [0.717, 1.165) is 16.9 Å². The summed E-state index contributed by atoms with van der Waals surface area (Å²) in [5.74, 6) is 7.02. The lowest BCUT2D eigenvalue weighted by molar-refractivity contribution is 1.62. The lowest BCUT2D eigenvalue weighted by atomic mass is 10.2. The van der Waals surface area contributed by atoms with Crippen LogP contribution in [0, 0.1) is 11.8 Å². The van der Waals surface area contributed by atoms with Gasteiger partial charge < -0.3 is 0 Å². The molecule has 0 spiro atoms. The standard InChI is InChI=1S/C12H12S/c1-11(10-13-2)8-9-12-6-4-3-5-7-12/h3-7H,1,10H2,2H3. The van der Waals surface area contributed by atoms with E-state index in [9.17, 15) is 0 Å². The van der Waals surface area contributed by atoms with E-state index >= 15 is 0 Å². The van der Waals surface area contributed by atoms with Gasteiger partial charge in [0.2, 0.25) is 0 Å². The third-order valence-electron chi connectivity index (χ3n) is 1.48. The van der Waals surface area contributed by atoms with Crippen molar-refractivity contribution in [1.82, 2.24) is 0 Å². The molecule has 0 atom stereocenters. The molecular weight excluding hydrogens is 176 g/mol. The van der Waals surface area contributed by atoms with Crippen molar-refractivity contribution in [2.45, 2.75) is 0 Å². The minimum Gasteiger partial charge on any atom is -0.160 e. The molecule has 0 aliphatic rings. The monoisotopic (exact) mass is 188 g/mol. The van der Waals surface area contributed by atoms with Gasteiger partial charge in [-0.15, -0.1) is 0 Å². The van der Waals surface area contributed by atoms with Crippen molar-refractivity contribution >= 4 is 11.8 Å². The highest BCUT2D eigenvalue weighted by Crippen LogP contribution is 2.01. The van der Waals surface area contributed by atoms with Gasteiger partial charge >= 0.3 is 0 Å². The van der Waals surface area contributed by atoms with Gasteiger partial charge in [-0.1, -0.05) is 36.6 Å². The van der Waals surface area contributed by atoms with Crippen LogP contribution in [0.4, 0.5) is 0 Å². The van der Waals surface area contributed by atoms with E-state index in [1.165, 1.54) is 0 Å². The molecule has 0 nitrogen and oxygen atoms in total. The summed E-state index contributed by atoms with van der Waals surface area (Å²) in [6, 6.07) is 9.96. The fourth-order valence-electron chi connectivity index (χ4n) is 0.892. The number of hydrogen-bond acceptors (Lipinski definition) is 1. The molecule has 0 heterocycles. The van der Waals surface area contributed by atoms with Gasteiger partial charge in [-0.25, -0.2) is 0 Å². The molecule has 0 amide bonds. The van der Waals surface area contributed by atoms with Gasteiger partial charge in [-0.2, -0.15) is 11.8 Å². The average molecular weight is 188 g/mol. The Balaban J connectivity index is 2.62. The lowest BCUT2D eigenvalue weighted by Crippen LogP contribution is -1.79. The Kier molecular flexibility index (Phi) is 4.21. The van der Waals surface area contributed by atoms with Crippen molar-refractivity contribution in [1.29, 1.82) is 0 Å². The highest BCUT2D eigenvalue weighted by Gasteiger charge is 1.85. The van der Waals surface area contributed by atoms with Crippen molar-refractivity contribution in [2.75, 3.05) is 12.0 Å². The maximum atomic E-state index is 3.87. The zero-order valence-corrected chi connectivity index (χ0v) is 8.53. The predicted octanol–water partition coefficient (Wildman–Crippen LogP) is 2.96. The van der Waals surface area contributed by atoms with Crippen LogP contribution in [-0.4, -0.2) is 12.0 Å². The topological polar surface area (TPSA) is 0 Å². The Morgan fingerprint density at radius 1 is 1.38 bits per heavy atom. The number of thioether (sulfide) groups is 1. The Hall–Kier alpha value is -1.13. The largest absolute Gasteiger partial charge is 0.160 e. The summed E-state index contributed by atoms with van der Waals surface area (Å²) in [5.41, 5.74) is 2.03. The average Bonchev–Trinajstić information content (AvgIpc) is 2.17. The molecule has 1 aromatic carbocycles. The quantitative estimate of drug-likeness (QED) is 0.643. The van der Waals surface area contributed by atoms with Crippen molar-refractivity contribution in [3.8, 4) is 11.8 Å². The Labute approximate surface area is 84.1 Å². The van der Waals surface area contributed by atoms with Crippen LogP contribution in [0.25, 0.3) is 0 Å². The zero-order valence-electron chi connectivity index (χ0n) is 7.71. The molecular formula is C12H12S. The van der Waals surface area contributed by atoms with E-state index in [1.54, 1.807) is 11.8 Å². The third-order valence-corrected chi connectivity index (χ3v) is 2.11. The molecule has 0 unspecified atom stereocenters. The second-order valence-electron chi connectivity index (χ2n) is 2.65. The van der Waals surface area contributed by atoms with Crippen LogP contribution < -0.4 is 0 Å². The van der Waals surface area contributed by atoms with Crippen molar-refractivity contribution in [3.63, 3.8) is 0 Å². The van der Waals surface area contributed by atoms with Gasteiger partial charge in [0.15, 0.2) is 0 Å². The van der Waals surface area contributed by atoms with Crippen LogP contribution in [0.2, 0.25) is 0 Å². The molecule has 13 heavy (non-hydrogen) atoms. The summed E-state index contributed by atoms with van der Waals surface area (Å²) >= 11 is 1.74. The Morgan fingerprint density at radius 3 is 2.69 bits per heavy atom. The molecule has 0 aliphatic heterocycles. The summed E-state index contributed by atoms with van der Waals surface area (Å²) < 4.78 is 0. The molecule has 0 fully saturated rings. The van der Waals surface area contributed by atoms with Gasteiger partial charge in [0.1, 0.15) is 0 Å². The van der Waals surface area contributed by atoms with Crippen LogP contribution in [0.3, 0.4) is 0 Å². The number of hydrogen-bond donors (Lipinski definition) is 0. The number of benzene rings is 1. The maximum Gasteiger partial charge on any atom is 0.0255 e. The number of rotatable bonds is 2. The molecule has 0 aromatic heterocycles. The van der Waals surface area contributed by atoms with Crippen LogP contribution in [0.5, 0.6) is 0 Å². The van der Waals surface area contributed by atoms with E-state index in [4.69, 9.17) is 0 Å². The van der Waals surface area contributed by atoms with Crippen LogP contribution >= 0.6 is 11.8 Å². The predicted molar refractivity (Wildman–Crippen MR) is 60.8 cm³/mol. The summed E-state index contributed by atoms with van der Waals surface area (Å²) in [5, 5.41) is 0. The fourth-order valence-corrected chi connectivity index (χ4v) is 1.31. The van der Waals surface area contributed by atoms with Gasteiger partial charge in [0.25, 0.3) is 0 Å². The normalized spacial score (nSPS) is 8.69. The van der Waals surface area contributed by atoms with Crippen LogP contribution in [-0.2, 0) is 0 Å². The zero-order chi connectivity index (χ0) is 9.52. The summed E-state index contributed by atoms with van der Waals surface area (Å²) in [6.45, 7) is 3.87. The van der Waals surface area contributed by atoms with Crippen LogP contribution in [0.15, 0.2) is 42.5 Å². The smallest absolute Gasteiger partial charge is 0.0255 e. The van der Waals surface area contributed by atoms with Gasteiger partial charge in [-0.05, 0) is 18.4 Å². The van der Waals surface area contributed by atoms with Crippen LogP contribution in [0.1, 0.15) is 5.56 Å². The maximum absolute atomic E-state index is 3.87. The highest BCUT2D eigenvalue weighted by molar-refractivity contribution is 7.98. The summed E-state index contributed by atoms with van der Waals surface area (Å²) in [7, 11) is 0. The molecule has 0 N–H and O–H groups in total. The van der Waals surface area contributed by atoms with Gasteiger partial charge in [0.05, 0.1) is 0 Å². The van der Waals surface area contributed by atoms with E-state index in [-0.39, 0.29) is 0 Å². The molecule has 66 valence electrons. The SMILES string of the molecule is C=C(C#Cc1ccccc1)CSC. The van der Waals surface area contributed by atoms with E-state index < -0.39 is 0 Å². The molecule has 1 heteroatoms. The highest BCUT2D eigenvalue weighted by atomic mass is 32.2. The molecule has 0 aliphatic carbocycles. The van der Waals surface area contributed by atoms with Gasteiger partial charge in [0, 0.05) is 16.9 Å². The van der Waals surface area contributed by atoms with E-state index in [2.05, 4.69) is 24.7 Å². The first kappa shape index (κ1) is 9.95. The first-order valence-corrected chi connectivity index (χ1v) is 5.46. The fraction of sp³-hybridized carbons (Fsp3) is 0.167. The first-order chi connectivity index (χ1) is 6.33. The summed E-state index contributed by atoms with van der Waals surface area (Å²) in [6.07, 6.45) is 2.05. The minimum absolute atomic E-state index is 0.917. The van der Waals surface area contributed by atoms with Crippen molar-refractivity contribution < 1.29 is 0 Å².